The van der Waals surface area contributed by atoms with E-state index >= 15 is 0 Å². The van der Waals surface area contributed by atoms with Crippen molar-refractivity contribution in [3.05, 3.63) is 29.8 Å². The van der Waals surface area contributed by atoms with Gasteiger partial charge in [-0.2, -0.15) is 11.8 Å². The third-order valence-corrected chi connectivity index (χ3v) is 4.58. The SMILES string of the molecule is CSCCS(=O)(=O)c1cccc(C(=O)O)c1. The van der Waals surface area contributed by atoms with E-state index in [2.05, 4.69) is 0 Å². The Morgan fingerprint density at radius 3 is 2.69 bits per heavy atom. The van der Waals surface area contributed by atoms with E-state index < -0.39 is 15.8 Å². The minimum atomic E-state index is -3.36. The number of carboxylic acids is 1. The quantitative estimate of drug-likeness (QED) is 0.869. The van der Waals surface area contributed by atoms with Crippen molar-refractivity contribution in [3.63, 3.8) is 0 Å². The molecule has 1 N–H and O–H groups in total. The topological polar surface area (TPSA) is 71.4 Å². The van der Waals surface area contributed by atoms with Crippen molar-refractivity contribution in [3.8, 4) is 0 Å². The Labute approximate surface area is 98.6 Å². The van der Waals surface area contributed by atoms with Gasteiger partial charge < -0.3 is 5.11 Å². The van der Waals surface area contributed by atoms with Gasteiger partial charge in [0, 0.05) is 5.75 Å². The van der Waals surface area contributed by atoms with Crippen LogP contribution in [0.5, 0.6) is 0 Å². The van der Waals surface area contributed by atoms with Gasteiger partial charge in [-0.3, -0.25) is 0 Å². The van der Waals surface area contributed by atoms with Crippen LogP contribution in [0.3, 0.4) is 0 Å². The monoisotopic (exact) mass is 260 g/mol. The molecule has 0 aliphatic carbocycles. The predicted molar refractivity (Wildman–Crippen MR) is 63.8 cm³/mol. The second-order valence-electron chi connectivity index (χ2n) is 3.14. The van der Waals surface area contributed by atoms with Gasteiger partial charge in [-0.15, -0.1) is 0 Å². The lowest BCUT2D eigenvalue weighted by atomic mass is 10.2. The normalized spacial score (nSPS) is 11.3. The Morgan fingerprint density at radius 2 is 2.12 bits per heavy atom. The summed E-state index contributed by atoms with van der Waals surface area (Å²) in [6.07, 6.45) is 1.82. The van der Waals surface area contributed by atoms with Crippen LogP contribution in [0.1, 0.15) is 10.4 Å². The van der Waals surface area contributed by atoms with Gasteiger partial charge >= 0.3 is 5.97 Å². The lowest BCUT2D eigenvalue weighted by molar-refractivity contribution is 0.0696. The van der Waals surface area contributed by atoms with Crippen molar-refractivity contribution >= 4 is 27.6 Å². The molecule has 0 aromatic heterocycles. The Hall–Kier alpha value is -1.01. The fraction of sp³-hybridized carbons (Fsp3) is 0.300. The Balaban J connectivity index is 3.04. The van der Waals surface area contributed by atoms with Crippen LogP contribution in [0.4, 0.5) is 0 Å². The highest BCUT2D eigenvalue weighted by molar-refractivity contribution is 8.00. The van der Waals surface area contributed by atoms with Gasteiger partial charge in [-0.25, -0.2) is 13.2 Å². The number of hydrogen-bond donors (Lipinski definition) is 1. The molecule has 1 aromatic rings. The first-order chi connectivity index (χ1) is 7.47. The third kappa shape index (κ3) is 3.24. The molecular weight excluding hydrogens is 248 g/mol. The second kappa shape index (κ2) is 5.36. The van der Waals surface area contributed by atoms with Gasteiger partial charge in [0.1, 0.15) is 0 Å². The molecule has 0 heterocycles. The van der Waals surface area contributed by atoms with Crippen LogP contribution in [-0.4, -0.2) is 37.3 Å². The van der Waals surface area contributed by atoms with E-state index in [-0.39, 0.29) is 16.2 Å². The van der Waals surface area contributed by atoms with Crippen LogP contribution in [0.25, 0.3) is 0 Å². The molecule has 0 aliphatic rings. The molecule has 4 nitrogen and oxygen atoms in total. The summed E-state index contributed by atoms with van der Waals surface area (Å²) in [6.45, 7) is 0. The van der Waals surface area contributed by atoms with Crippen LogP contribution in [0, 0.1) is 0 Å². The fourth-order valence-corrected chi connectivity index (χ4v) is 3.51. The lowest BCUT2D eigenvalue weighted by Crippen LogP contribution is -2.09. The lowest BCUT2D eigenvalue weighted by Gasteiger charge is -2.04. The number of aromatic carboxylic acids is 1. The first-order valence-corrected chi connectivity index (χ1v) is 7.57. The summed E-state index contributed by atoms with van der Waals surface area (Å²) >= 11 is 1.44. The van der Waals surface area contributed by atoms with Crippen molar-refractivity contribution in [1.29, 1.82) is 0 Å². The van der Waals surface area contributed by atoms with Crippen molar-refractivity contribution < 1.29 is 18.3 Å². The summed E-state index contributed by atoms with van der Waals surface area (Å²) in [4.78, 5) is 10.8. The molecule has 0 fully saturated rings. The van der Waals surface area contributed by atoms with E-state index in [9.17, 15) is 13.2 Å². The summed E-state index contributed by atoms with van der Waals surface area (Å²) in [5.74, 6) is -0.599. The summed E-state index contributed by atoms with van der Waals surface area (Å²) in [6, 6.07) is 5.42. The van der Waals surface area contributed by atoms with Crippen LogP contribution in [0.2, 0.25) is 0 Å². The van der Waals surface area contributed by atoms with Gasteiger partial charge in [0.05, 0.1) is 16.2 Å². The van der Waals surface area contributed by atoms with Gasteiger partial charge in [-0.1, -0.05) is 6.07 Å². The number of carbonyl (C=O) groups is 1. The maximum absolute atomic E-state index is 11.8. The largest absolute Gasteiger partial charge is 0.478 e. The Morgan fingerprint density at radius 1 is 1.44 bits per heavy atom. The third-order valence-electron chi connectivity index (χ3n) is 2.00. The fourth-order valence-electron chi connectivity index (χ4n) is 1.13. The molecule has 0 saturated heterocycles. The zero-order chi connectivity index (χ0) is 12.2. The van der Waals surface area contributed by atoms with E-state index in [0.717, 1.165) is 0 Å². The number of thioether (sulfide) groups is 1. The number of rotatable bonds is 5. The Kier molecular flexibility index (Phi) is 4.37. The summed E-state index contributed by atoms with van der Waals surface area (Å²) < 4.78 is 23.5. The summed E-state index contributed by atoms with van der Waals surface area (Å²) in [5, 5.41) is 8.75. The van der Waals surface area contributed by atoms with Crippen molar-refractivity contribution in [1.82, 2.24) is 0 Å². The van der Waals surface area contributed by atoms with E-state index in [0.29, 0.717) is 5.75 Å². The minimum Gasteiger partial charge on any atom is -0.478 e. The van der Waals surface area contributed by atoms with Gasteiger partial charge in [-0.05, 0) is 24.5 Å². The highest BCUT2D eigenvalue weighted by Crippen LogP contribution is 2.14. The molecular formula is C10H12O4S2. The van der Waals surface area contributed by atoms with Crippen molar-refractivity contribution in [2.45, 2.75) is 4.90 Å². The average Bonchev–Trinajstić information content (AvgIpc) is 2.26. The highest BCUT2D eigenvalue weighted by Gasteiger charge is 2.15. The molecule has 0 aliphatic heterocycles. The summed E-state index contributed by atoms with van der Waals surface area (Å²) in [7, 11) is -3.36. The Bertz CT molecular complexity index is 479. The maximum atomic E-state index is 11.8. The first kappa shape index (κ1) is 13.1. The number of carboxylic acid groups (broad SMARTS) is 1. The van der Waals surface area contributed by atoms with E-state index in [1.807, 2.05) is 6.26 Å². The van der Waals surface area contributed by atoms with Gasteiger partial charge in [0.2, 0.25) is 0 Å². The van der Waals surface area contributed by atoms with E-state index in [1.54, 1.807) is 0 Å². The van der Waals surface area contributed by atoms with Gasteiger partial charge in [0.15, 0.2) is 9.84 Å². The summed E-state index contributed by atoms with van der Waals surface area (Å²) in [5.41, 5.74) is -0.00905. The molecule has 0 spiro atoms. The number of sulfone groups is 1. The molecule has 0 radical (unpaired) electrons. The molecule has 0 unspecified atom stereocenters. The van der Waals surface area contributed by atoms with Crippen molar-refractivity contribution in [2.75, 3.05) is 17.8 Å². The molecule has 1 aromatic carbocycles. The van der Waals surface area contributed by atoms with E-state index in [1.165, 1.54) is 36.0 Å². The molecule has 0 atom stereocenters. The first-order valence-electron chi connectivity index (χ1n) is 4.52. The smallest absolute Gasteiger partial charge is 0.335 e. The second-order valence-corrected chi connectivity index (χ2v) is 6.24. The van der Waals surface area contributed by atoms with Crippen LogP contribution >= 0.6 is 11.8 Å². The molecule has 16 heavy (non-hydrogen) atoms. The minimum absolute atomic E-state index is 0.00905. The zero-order valence-electron chi connectivity index (χ0n) is 8.71. The predicted octanol–water partition coefficient (Wildman–Crippen LogP) is 1.52. The molecule has 0 amide bonds. The molecule has 0 saturated carbocycles. The standard InChI is InChI=1S/C10H12O4S2/c1-15-5-6-16(13,14)9-4-2-3-8(7-9)10(11)12/h2-4,7H,5-6H2,1H3,(H,11,12). The molecule has 6 heteroatoms. The molecule has 88 valence electrons. The molecule has 0 bridgehead atoms. The van der Waals surface area contributed by atoms with E-state index in [4.69, 9.17) is 5.11 Å². The molecule has 1 rings (SSSR count). The number of benzene rings is 1. The average molecular weight is 260 g/mol. The van der Waals surface area contributed by atoms with Crippen LogP contribution < -0.4 is 0 Å². The van der Waals surface area contributed by atoms with Crippen molar-refractivity contribution in [2.24, 2.45) is 0 Å². The van der Waals surface area contributed by atoms with Crippen LogP contribution in [0.15, 0.2) is 29.2 Å². The highest BCUT2D eigenvalue weighted by atomic mass is 32.2. The maximum Gasteiger partial charge on any atom is 0.335 e. The van der Waals surface area contributed by atoms with Gasteiger partial charge in [0.25, 0.3) is 0 Å². The number of hydrogen-bond acceptors (Lipinski definition) is 4. The van der Waals surface area contributed by atoms with Crippen LogP contribution in [-0.2, 0) is 9.84 Å². The zero-order valence-corrected chi connectivity index (χ0v) is 10.3.